The Kier molecular flexibility index (Phi) is 5.55. The molecule has 4 N–H and O–H groups in total. The zero-order valence-electron chi connectivity index (χ0n) is 14.8. The van der Waals surface area contributed by atoms with E-state index in [1.807, 2.05) is 6.07 Å². The predicted molar refractivity (Wildman–Crippen MR) is 108 cm³/mol. The molecule has 3 aromatic rings. The van der Waals surface area contributed by atoms with Crippen LogP contribution in [0.4, 0.5) is 11.4 Å². The van der Waals surface area contributed by atoms with Crippen molar-refractivity contribution in [1.29, 1.82) is 0 Å². The number of nitrogens with one attached hydrogen (secondary N) is 2. The van der Waals surface area contributed by atoms with Gasteiger partial charge in [-0.3, -0.25) is 14.4 Å². The highest BCUT2D eigenvalue weighted by molar-refractivity contribution is 9.10. The van der Waals surface area contributed by atoms with Crippen LogP contribution in [-0.2, 0) is 0 Å². The van der Waals surface area contributed by atoms with E-state index in [2.05, 4.69) is 31.2 Å². The average Bonchev–Trinajstić information content (AvgIpc) is 3.18. The number of hydrogen-bond donors (Lipinski definition) is 3. The van der Waals surface area contributed by atoms with Crippen LogP contribution in [0.3, 0.4) is 0 Å². The standard InChI is InChI=1S/C19H16BrN5O3/c1-25(19(28)16-15(17(21)26)22-10-23-16)12-8-6-11(7-9-12)24-18(27)13-4-2-3-5-14(13)20/h2-10H,1H3,(H2,21,26)(H,22,23)(H,24,27). The summed E-state index contributed by atoms with van der Waals surface area (Å²) in [5.74, 6) is -1.51. The first-order valence-corrected chi connectivity index (χ1v) is 8.95. The number of aromatic amines is 1. The molecule has 0 bridgehead atoms. The molecule has 1 heterocycles. The van der Waals surface area contributed by atoms with Crippen molar-refractivity contribution in [2.24, 2.45) is 5.73 Å². The number of anilines is 2. The molecule has 0 aliphatic heterocycles. The number of hydrogen-bond acceptors (Lipinski definition) is 4. The summed E-state index contributed by atoms with van der Waals surface area (Å²) in [6.07, 6.45) is 1.24. The van der Waals surface area contributed by atoms with E-state index in [0.29, 0.717) is 21.4 Å². The number of carbonyl (C=O) groups excluding carboxylic acids is 3. The number of amides is 3. The third-order valence-corrected chi connectivity index (χ3v) is 4.71. The summed E-state index contributed by atoms with van der Waals surface area (Å²) in [5, 5.41) is 2.80. The highest BCUT2D eigenvalue weighted by Gasteiger charge is 2.22. The SMILES string of the molecule is CN(C(=O)c1[nH]cnc1C(N)=O)c1ccc(NC(=O)c2ccccc2Br)cc1. The number of benzene rings is 2. The Morgan fingerprint density at radius 3 is 2.43 bits per heavy atom. The number of halogens is 1. The molecular formula is C19H16BrN5O3. The van der Waals surface area contributed by atoms with Crippen LogP contribution in [0.5, 0.6) is 0 Å². The van der Waals surface area contributed by atoms with E-state index in [0.717, 1.165) is 0 Å². The van der Waals surface area contributed by atoms with Crippen LogP contribution in [-0.4, -0.2) is 34.7 Å². The second-order valence-corrected chi connectivity index (χ2v) is 6.69. The van der Waals surface area contributed by atoms with E-state index >= 15 is 0 Å². The summed E-state index contributed by atoms with van der Waals surface area (Å²) in [6.45, 7) is 0. The summed E-state index contributed by atoms with van der Waals surface area (Å²) >= 11 is 3.35. The second-order valence-electron chi connectivity index (χ2n) is 5.84. The van der Waals surface area contributed by atoms with Crippen molar-refractivity contribution >= 4 is 45.0 Å². The van der Waals surface area contributed by atoms with Gasteiger partial charge in [0.05, 0.1) is 11.9 Å². The minimum atomic E-state index is -0.789. The molecule has 9 heteroatoms. The van der Waals surface area contributed by atoms with Gasteiger partial charge in [-0.25, -0.2) is 4.98 Å². The van der Waals surface area contributed by atoms with Gasteiger partial charge in [0.25, 0.3) is 17.7 Å². The molecule has 0 aliphatic carbocycles. The van der Waals surface area contributed by atoms with Crippen LogP contribution in [0, 0.1) is 0 Å². The van der Waals surface area contributed by atoms with Crippen LogP contribution < -0.4 is 16.0 Å². The third kappa shape index (κ3) is 3.94. The minimum absolute atomic E-state index is 0.0151. The summed E-state index contributed by atoms with van der Waals surface area (Å²) in [4.78, 5) is 44.1. The fourth-order valence-corrected chi connectivity index (χ4v) is 3.01. The Morgan fingerprint density at radius 1 is 1.11 bits per heavy atom. The largest absolute Gasteiger partial charge is 0.364 e. The van der Waals surface area contributed by atoms with Gasteiger partial charge in [-0.05, 0) is 52.3 Å². The smallest absolute Gasteiger partial charge is 0.276 e. The van der Waals surface area contributed by atoms with Crippen LogP contribution in [0.15, 0.2) is 59.3 Å². The molecule has 0 radical (unpaired) electrons. The molecule has 0 unspecified atom stereocenters. The number of imidazole rings is 1. The highest BCUT2D eigenvalue weighted by Crippen LogP contribution is 2.21. The lowest BCUT2D eigenvalue weighted by Crippen LogP contribution is -2.29. The molecule has 3 amide bonds. The first kappa shape index (κ1) is 19.3. The zero-order valence-corrected chi connectivity index (χ0v) is 16.4. The number of nitrogens with zero attached hydrogens (tertiary/aromatic N) is 2. The van der Waals surface area contributed by atoms with Crippen molar-refractivity contribution in [3.8, 4) is 0 Å². The lowest BCUT2D eigenvalue weighted by molar-refractivity contribution is 0.0958. The quantitative estimate of drug-likeness (QED) is 0.563. The van der Waals surface area contributed by atoms with Gasteiger partial charge in [-0.1, -0.05) is 12.1 Å². The third-order valence-electron chi connectivity index (χ3n) is 4.02. The van der Waals surface area contributed by atoms with Gasteiger partial charge in [0.1, 0.15) is 5.69 Å². The van der Waals surface area contributed by atoms with E-state index in [9.17, 15) is 14.4 Å². The fraction of sp³-hybridized carbons (Fsp3) is 0.0526. The molecule has 28 heavy (non-hydrogen) atoms. The van der Waals surface area contributed by atoms with Gasteiger partial charge in [0.15, 0.2) is 5.69 Å². The summed E-state index contributed by atoms with van der Waals surface area (Å²) in [7, 11) is 1.56. The van der Waals surface area contributed by atoms with Crippen molar-refractivity contribution in [1.82, 2.24) is 9.97 Å². The van der Waals surface area contributed by atoms with Crippen molar-refractivity contribution in [3.63, 3.8) is 0 Å². The van der Waals surface area contributed by atoms with Crippen molar-refractivity contribution in [2.75, 3.05) is 17.3 Å². The lowest BCUT2D eigenvalue weighted by atomic mass is 10.2. The number of rotatable bonds is 5. The molecule has 1 aromatic heterocycles. The predicted octanol–water partition coefficient (Wildman–Crippen LogP) is 2.80. The molecule has 8 nitrogen and oxygen atoms in total. The average molecular weight is 442 g/mol. The number of aromatic nitrogens is 2. The maximum Gasteiger partial charge on any atom is 0.276 e. The van der Waals surface area contributed by atoms with Gasteiger partial charge in [-0.2, -0.15) is 0 Å². The fourth-order valence-electron chi connectivity index (χ4n) is 2.54. The molecule has 2 aromatic carbocycles. The van der Waals surface area contributed by atoms with Gasteiger partial charge in [0.2, 0.25) is 0 Å². The Bertz CT molecular complexity index is 1050. The lowest BCUT2D eigenvalue weighted by Gasteiger charge is -2.17. The number of H-pyrrole nitrogens is 1. The van der Waals surface area contributed by atoms with Crippen molar-refractivity contribution in [3.05, 3.63) is 76.3 Å². The van der Waals surface area contributed by atoms with E-state index < -0.39 is 11.8 Å². The van der Waals surface area contributed by atoms with Crippen LogP contribution in [0.25, 0.3) is 0 Å². The Hall–Kier alpha value is -3.46. The monoisotopic (exact) mass is 441 g/mol. The molecule has 142 valence electrons. The summed E-state index contributed by atoms with van der Waals surface area (Å²) in [5.41, 5.74) is 6.77. The van der Waals surface area contributed by atoms with Crippen LogP contribution in [0.2, 0.25) is 0 Å². The molecular weight excluding hydrogens is 426 g/mol. The van der Waals surface area contributed by atoms with E-state index in [4.69, 9.17) is 5.73 Å². The molecule has 3 rings (SSSR count). The number of nitrogens with two attached hydrogens (primary N) is 1. The van der Waals surface area contributed by atoms with Crippen LogP contribution in [0.1, 0.15) is 31.3 Å². The summed E-state index contributed by atoms with van der Waals surface area (Å²) < 4.78 is 0.694. The van der Waals surface area contributed by atoms with E-state index in [-0.39, 0.29) is 17.3 Å². The Morgan fingerprint density at radius 2 is 1.79 bits per heavy atom. The zero-order chi connectivity index (χ0) is 20.3. The van der Waals surface area contributed by atoms with Crippen LogP contribution >= 0.6 is 15.9 Å². The maximum atomic E-state index is 12.6. The maximum absolute atomic E-state index is 12.6. The topological polar surface area (TPSA) is 121 Å². The Labute approximate surface area is 168 Å². The number of primary amides is 1. The molecule has 0 atom stereocenters. The van der Waals surface area contributed by atoms with E-state index in [1.165, 1.54) is 11.2 Å². The van der Waals surface area contributed by atoms with Crippen molar-refractivity contribution < 1.29 is 14.4 Å². The first-order chi connectivity index (χ1) is 13.4. The van der Waals surface area contributed by atoms with Gasteiger partial charge in [0, 0.05) is 22.9 Å². The molecule has 0 aliphatic rings. The van der Waals surface area contributed by atoms with Gasteiger partial charge >= 0.3 is 0 Å². The Balaban J connectivity index is 1.74. The normalized spacial score (nSPS) is 10.4. The molecule has 0 fully saturated rings. The van der Waals surface area contributed by atoms with E-state index in [1.54, 1.807) is 49.5 Å². The first-order valence-electron chi connectivity index (χ1n) is 8.15. The highest BCUT2D eigenvalue weighted by atomic mass is 79.9. The van der Waals surface area contributed by atoms with Gasteiger partial charge in [-0.15, -0.1) is 0 Å². The van der Waals surface area contributed by atoms with Crippen molar-refractivity contribution in [2.45, 2.75) is 0 Å². The summed E-state index contributed by atoms with van der Waals surface area (Å²) in [6, 6.07) is 13.8. The molecule has 0 saturated heterocycles. The number of carbonyl (C=O) groups is 3. The second kappa shape index (κ2) is 8.05. The molecule has 0 saturated carbocycles. The minimum Gasteiger partial charge on any atom is -0.364 e. The van der Waals surface area contributed by atoms with Gasteiger partial charge < -0.3 is 20.9 Å². The molecule has 0 spiro atoms.